The molecule has 0 unspecified atom stereocenters. The van der Waals surface area contributed by atoms with Gasteiger partial charge in [0.2, 0.25) is 0 Å². The quantitative estimate of drug-likeness (QED) is 0.783. The lowest BCUT2D eigenvalue weighted by atomic mass is 10.0. The molecule has 1 N–H and O–H groups in total. The van der Waals surface area contributed by atoms with E-state index in [-0.39, 0.29) is 5.82 Å². The highest BCUT2D eigenvalue weighted by Gasteiger charge is 2.03. The summed E-state index contributed by atoms with van der Waals surface area (Å²) in [6.07, 6.45) is 0. The minimum atomic E-state index is -0.189. The summed E-state index contributed by atoms with van der Waals surface area (Å²) in [6, 6.07) is 14.5. The van der Waals surface area contributed by atoms with Crippen LogP contribution in [-0.2, 0) is 0 Å². The smallest absolute Gasteiger partial charge is 0.131 e. The summed E-state index contributed by atoms with van der Waals surface area (Å²) >= 11 is 0. The summed E-state index contributed by atoms with van der Waals surface area (Å²) in [7, 11) is 1.85. The minimum absolute atomic E-state index is 0.189. The predicted octanol–water partition coefficient (Wildman–Crippen LogP) is 3.53. The standard InChI is InChI=1S/C13H12FN/c1-15-11-6-4-5-10(9-11)12-7-2-3-8-13(12)14/h2-9,15H,1H3. The normalized spacial score (nSPS) is 10.0. The molecule has 2 aromatic rings. The number of rotatable bonds is 2. The SMILES string of the molecule is CNc1cccc(-c2ccccc2F)c1. The lowest BCUT2D eigenvalue weighted by Crippen LogP contribution is -1.89. The summed E-state index contributed by atoms with van der Waals surface area (Å²) < 4.78 is 13.5. The molecule has 0 saturated carbocycles. The predicted molar refractivity (Wildman–Crippen MR) is 61.4 cm³/mol. The molecule has 0 atom stereocenters. The number of hydrogen-bond donors (Lipinski definition) is 1. The van der Waals surface area contributed by atoms with E-state index in [1.807, 2.05) is 37.4 Å². The lowest BCUT2D eigenvalue weighted by Gasteiger charge is -2.05. The molecule has 2 aromatic carbocycles. The van der Waals surface area contributed by atoms with Crippen LogP contribution < -0.4 is 5.32 Å². The van der Waals surface area contributed by atoms with E-state index in [0.717, 1.165) is 11.3 Å². The van der Waals surface area contributed by atoms with Crippen molar-refractivity contribution in [3.8, 4) is 11.1 Å². The van der Waals surface area contributed by atoms with E-state index in [2.05, 4.69) is 5.32 Å². The van der Waals surface area contributed by atoms with Gasteiger partial charge in [0.15, 0.2) is 0 Å². The molecule has 2 rings (SSSR count). The number of hydrogen-bond acceptors (Lipinski definition) is 1. The molecule has 0 amide bonds. The second-order valence-electron chi connectivity index (χ2n) is 3.31. The van der Waals surface area contributed by atoms with E-state index in [1.54, 1.807) is 12.1 Å². The Kier molecular flexibility index (Phi) is 2.68. The number of benzene rings is 2. The van der Waals surface area contributed by atoms with Gasteiger partial charge in [-0.15, -0.1) is 0 Å². The van der Waals surface area contributed by atoms with Crippen LogP contribution in [0.4, 0.5) is 10.1 Å². The second-order valence-corrected chi connectivity index (χ2v) is 3.31. The maximum atomic E-state index is 13.5. The van der Waals surface area contributed by atoms with Crippen molar-refractivity contribution >= 4 is 5.69 Å². The highest BCUT2D eigenvalue weighted by Crippen LogP contribution is 2.24. The molecule has 1 nitrogen and oxygen atoms in total. The van der Waals surface area contributed by atoms with Crippen LogP contribution in [0.3, 0.4) is 0 Å². The van der Waals surface area contributed by atoms with Gasteiger partial charge in [0.05, 0.1) is 0 Å². The molecule has 0 aliphatic rings. The first-order chi connectivity index (χ1) is 7.31. The van der Waals surface area contributed by atoms with E-state index in [1.165, 1.54) is 6.07 Å². The van der Waals surface area contributed by atoms with Crippen molar-refractivity contribution in [2.24, 2.45) is 0 Å². The van der Waals surface area contributed by atoms with Gasteiger partial charge in [-0.1, -0.05) is 30.3 Å². The van der Waals surface area contributed by atoms with Crippen molar-refractivity contribution in [3.05, 3.63) is 54.3 Å². The van der Waals surface area contributed by atoms with Crippen LogP contribution in [0, 0.1) is 5.82 Å². The van der Waals surface area contributed by atoms with E-state index in [0.29, 0.717) is 5.56 Å². The first-order valence-electron chi connectivity index (χ1n) is 4.84. The van der Waals surface area contributed by atoms with Crippen LogP contribution in [0.1, 0.15) is 0 Å². The van der Waals surface area contributed by atoms with Crippen LogP contribution in [0.15, 0.2) is 48.5 Å². The van der Waals surface area contributed by atoms with Crippen LogP contribution in [0.2, 0.25) is 0 Å². The van der Waals surface area contributed by atoms with Gasteiger partial charge in [0.25, 0.3) is 0 Å². The zero-order valence-electron chi connectivity index (χ0n) is 8.50. The highest BCUT2D eigenvalue weighted by molar-refractivity contribution is 5.68. The molecule has 0 saturated heterocycles. The Hall–Kier alpha value is -1.83. The third-order valence-electron chi connectivity index (χ3n) is 2.34. The van der Waals surface area contributed by atoms with Crippen LogP contribution in [0.25, 0.3) is 11.1 Å². The molecular formula is C13H12FN. The van der Waals surface area contributed by atoms with Crippen LogP contribution >= 0.6 is 0 Å². The fourth-order valence-corrected chi connectivity index (χ4v) is 1.54. The summed E-state index contributed by atoms with van der Waals surface area (Å²) in [4.78, 5) is 0. The Morgan fingerprint density at radius 2 is 1.80 bits per heavy atom. The average molecular weight is 201 g/mol. The summed E-state index contributed by atoms with van der Waals surface area (Å²) in [5.74, 6) is -0.189. The maximum Gasteiger partial charge on any atom is 0.131 e. The maximum absolute atomic E-state index is 13.5. The first-order valence-corrected chi connectivity index (χ1v) is 4.84. The Morgan fingerprint density at radius 3 is 2.53 bits per heavy atom. The molecule has 0 bridgehead atoms. The van der Waals surface area contributed by atoms with Gasteiger partial charge in [-0.3, -0.25) is 0 Å². The van der Waals surface area contributed by atoms with Gasteiger partial charge >= 0.3 is 0 Å². The van der Waals surface area contributed by atoms with Crippen molar-refractivity contribution in [3.63, 3.8) is 0 Å². The third kappa shape index (κ3) is 1.99. The monoisotopic (exact) mass is 201 g/mol. The van der Waals surface area contributed by atoms with Crippen molar-refractivity contribution < 1.29 is 4.39 Å². The summed E-state index contributed by atoms with van der Waals surface area (Å²) in [5, 5.41) is 3.03. The van der Waals surface area contributed by atoms with Gasteiger partial charge in [0.1, 0.15) is 5.82 Å². The second kappa shape index (κ2) is 4.13. The van der Waals surface area contributed by atoms with Gasteiger partial charge < -0.3 is 5.32 Å². The molecule has 0 radical (unpaired) electrons. The van der Waals surface area contributed by atoms with Gasteiger partial charge in [0, 0.05) is 18.3 Å². The molecule has 0 heterocycles. The number of nitrogens with one attached hydrogen (secondary N) is 1. The molecule has 0 aliphatic carbocycles. The molecule has 0 aromatic heterocycles. The third-order valence-corrected chi connectivity index (χ3v) is 2.34. The number of halogens is 1. The van der Waals surface area contributed by atoms with Crippen molar-refractivity contribution in [1.29, 1.82) is 0 Å². The fraction of sp³-hybridized carbons (Fsp3) is 0.0769. The van der Waals surface area contributed by atoms with Gasteiger partial charge in [-0.2, -0.15) is 0 Å². The first kappa shape index (κ1) is 9.71. The molecule has 2 heteroatoms. The Morgan fingerprint density at radius 1 is 1.00 bits per heavy atom. The zero-order chi connectivity index (χ0) is 10.7. The molecule has 0 spiro atoms. The molecule has 0 aliphatic heterocycles. The topological polar surface area (TPSA) is 12.0 Å². The average Bonchev–Trinajstić information content (AvgIpc) is 2.30. The largest absolute Gasteiger partial charge is 0.388 e. The Bertz CT molecular complexity index is 466. The van der Waals surface area contributed by atoms with Crippen LogP contribution in [-0.4, -0.2) is 7.05 Å². The Balaban J connectivity index is 2.49. The van der Waals surface area contributed by atoms with Gasteiger partial charge in [-0.05, 0) is 23.8 Å². The molecular weight excluding hydrogens is 189 g/mol. The zero-order valence-corrected chi connectivity index (χ0v) is 8.50. The van der Waals surface area contributed by atoms with Crippen molar-refractivity contribution in [2.75, 3.05) is 12.4 Å². The summed E-state index contributed by atoms with van der Waals surface area (Å²) in [5.41, 5.74) is 2.50. The van der Waals surface area contributed by atoms with E-state index in [4.69, 9.17) is 0 Å². The van der Waals surface area contributed by atoms with Gasteiger partial charge in [-0.25, -0.2) is 4.39 Å². The van der Waals surface area contributed by atoms with Crippen molar-refractivity contribution in [1.82, 2.24) is 0 Å². The highest BCUT2D eigenvalue weighted by atomic mass is 19.1. The van der Waals surface area contributed by atoms with E-state index < -0.39 is 0 Å². The van der Waals surface area contributed by atoms with Crippen molar-refractivity contribution in [2.45, 2.75) is 0 Å². The van der Waals surface area contributed by atoms with E-state index >= 15 is 0 Å². The molecule has 76 valence electrons. The minimum Gasteiger partial charge on any atom is -0.388 e. The Labute approximate surface area is 88.6 Å². The fourth-order valence-electron chi connectivity index (χ4n) is 1.54. The summed E-state index contributed by atoms with van der Waals surface area (Å²) in [6.45, 7) is 0. The number of anilines is 1. The van der Waals surface area contributed by atoms with Crippen LogP contribution in [0.5, 0.6) is 0 Å². The molecule has 0 fully saturated rings. The van der Waals surface area contributed by atoms with E-state index in [9.17, 15) is 4.39 Å². The molecule has 15 heavy (non-hydrogen) atoms. The lowest BCUT2D eigenvalue weighted by molar-refractivity contribution is 0.631.